The minimum atomic E-state index is -0.557. The molecule has 0 atom stereocenters. The molecule has 0 radical (unpaired) electrons. The average Bonchev–Trinajstić information content (AvgIpc) is 2.60. The number of aromatic nitrogens is 4. The summed E-state index contributed by atoms with van der Waals surface area (Å²) in [4.78, 5) is 35.8. The number of aromatic amines is 1. The first-order valence-corrected chi connectivity index (χ1v) is 8.26. The molecule has 2 heterocycles. The molecule has 0 fully saturated rings. The molecule has 3 aromatic rings. The molecule has 0 aliphatic rings. The Balaban J connectivity index is 2.11. The molecular formula is C16H14N4O3S. The standard InChI is InChI=1S/C16H14N4O3S/c1-3-8-23-11-6-4-10(5-7-11)20-14(21)12-9-17-15(24-2)18-13(12)19-16(20)22/h3-7,9H,1,8H2,2H3,(H,17,18,19,22). The molecule has 0 bridgehead atoms. The molecule has 1 N–H and O–H groups in total. The van der Waals surface area contributed by atoms with E-state index in [4.69, 9.17) is 4.74 Å². The van der Waals surface area contributed by atoms with E-state index >= 15 is 0 Å². The Morgan fingerprint density at radius 2 is 2.08 bits per heavy atom. The zero-order chi connectivity index (χ0) is 17.1. The van der Waals surface area contributed by atoms with Crippen molar-refractivity contribution in [1.29, 1.82) is 0 Å². The minimum absolute atomic E-state index is 0.228. The van der Waals surface area contributed by atoms with Crippen molar-refractivity contribution >= 4 is 22.8 Å². The van der Waals surface area contributed by atoms with Crippen molar-refractivity contribution in [2.45, 2.75) is 5.16 Å². The van der Waals surface area contributed by atoms with Crippen LogP contribution in [0.1, 0.15) is 0 Å². The lowest BCUT2D eigenvalue weighted by Crippen LogP contribution is -2.34. The van der Waals surface area contributed by atoms with Crippen LogP contribution in [0, 0.1) is 0 Å². The van der Waals surface area contributed by atoms with Crippen molar-refractivity contribution in [2.24, 2.45) is 0 Å². The number of fused-ring (bicyclic) bond motifs is 1. The Morgan fingerprint density at radius 1 is 1.33 bits per heavy atom. The van der Waals surface area contributed by atoms with Crippen molar-refractivity contribution in [3.05, 3.63) is 64.0 Å². The van der Waals surface area contributed by atoms with E-state index in [1.807, 2.05) is 6.26 Å². The van der Waals surface area contributed by atoms with Gasteiger partial charge in [-0.05, 0) is 30.5 Å². The normalized spacial score (nSPS) is 10.7. The number of rotatable bonds is 5. The van der Waals surface area contributed by atoms with Gasteiger partial charge in [0.05, 0.1) is 5.69 Å². The molecule has 3 rings (SSSR count). The van der Waals surface area contributed by atoms with Crippen molar-refractivity contribution < 1.29 is 4.74 Å². The number of thioether (sulfide) groups is 1. The molecule has 0 aliphatic carbocycles. The zero-order valence-corrected chi connectivity index (χ0v) is 13.7. The van der Waals surface area contributed by atoms with Crippen LogP contribution in [-0.4, -0.2) is 32.4 Å². The maximum Gasteiger partial charge on any atom is 0.334 e. The number of ether oxygens (including phenoxy) is 1. The van der Waals surface area contributed by atoms with Gasteiger partial charge in [-0.2, -0.15) is 0 Å². The molecule has 0 saturated carbocycles. The topological polar surface area (TPSA) is 89.9 Å². The first kappa shape index (κ1) is 16.0. The highest BCUT2D eigenvalue weighted by molar-refractivity contribution is 7.98. The highest BCUT2D eigenvalue weighted by Crippen LogP contribution is 2.14. The van der Waals surface area contributed by atoms with Crippen molar-refractivity contribution in [3.8, 4) is 11.4 Å². The van der Waals surface area contributed by atoms with Crippen molar-refractivity contribution in [3.63, 3.8) is 0 Å². The Morgan fingerprint density at radius 3 is 2.75 bits per heavy atom. The molecule has 8 heteroatoms. The molecule has 0 aliphatic heterocycles. The number of H-pyrrole nitrogens is 1. The fourth-order valence-corrected chi connectivity index (χ4v) is 2.51. The van der Waals surface area contributed by atoms with Crippen LogP contribution in [0.25, 0.3) is 16.7 Å². The zero-order valence-electron chi connectivity index (χ0n) is 12.9. The van der Waals surface area contributed by atoms with Gasteiger partial charge in [0.2, 0.25) is 0 Å². The maximum atomic E-state index is 12.6. The summed E-state index contributed by atoms with van der Waals surface area (Å²) in [6.45, 7) is 3.96. The fraction of sp³-hybridized carbons (Fsp3) is 0.125. The molecule has 1 aromatic carbocycles. The van der Waals surface area contributed by atoms with Gasteiger partial charge in [0.15, 0.2) is 10.8 Å². The summed E-state index contributed by atoms with van der Waals surface area (Å²) >= 11 is 1.33. The van der Waals surface area contributed by atoms with Crippen LogP contribution < -0.4 is 16.0 Å². The van der Waals surface area contributed by atoms with Gasteiger partial charge in [-0.1, -0.05) is 24.4 Å². The van der Waals surface area contributed by atoms with Gasteiger partial charge in [-0.25, -0.2) is 19.3 Å². The molecule has 122 valence electrons. The number of hydrogen-bond donors (Lipinski definition) is 1. The van der Waals surface area contributed by atoms with Crippen LogP contribution in [0.4, 0.5) is 0 Å². The highest BCUT2D eigenvalue weighted by atomic mass is 32.2. The van der Waals surface area contributed by atoms with Crippen LogP contribution in [0.5, 0.6) is 5.75 Å². The van der Waals surface area contributed by atoms with Gasteiger partial charge in [0.1, 0.15) is 17.7 Å². The smallest absolute Gasteiger partial charge is 0.334 e. The third-order valence-electron chi connectivity index (χ3n) is 3.27. The van der Waals surface area contributed by atoms with Crippen molar-refractivity contribution in [2.75, 3.05) is 12.9 Å². The SMILES string of the molecule is C=CCOc1ccc(-n2c(=O)[nH]c3nc(SC)ncc3c2=O)cc1. The number of nitrogens with one attached hydrogen (secondary N) is 1. The summed E-state index contributed by atoms with van der Waals surface area (Å²) in [6.07, 6.45) is 4.87. The largest absolute Gasteiger partial charge is 0.490 e. The quantitative estimate of drug-likeness (QED) is 0.432. The fourth-order valence-electron chi connectivity index (χ4n) is 2.17. The third kappa shape index (κ3) is 2.95. The summed E-state index contributed by atoms with van der Waals surface area (Å²) in [5.41, 5.74) is -0.367. The van der Waals surface area contributed by atoms with E-state index in [9.17, 15) is 9.59 Å². The molecule has 0 saturated heterocycles. The van der Waals surface area contributed by atoms with Crippen LogP contribution in [0.2, 0.25) is 0 Å². The molecule has 0 unspecified atom stereocenters. The first-order valence-electron chi connectivity index (χ1n) is 7.04. The van der Waals surface area contributed by atoms with E-state index in [-0.39, 0.29) is 11.0 Å². The van der Waals surface area contributed by atoms with Crippen LogP contribution in [-0.2, 0) is 0 Å². The summed E-state index contributed by atoms with van der Waals surface area (Å²) in [7, 11) is 0. The van der Waals surface area contributed by atoms with E-state index in [2.05, 4.69) is 21.5 Å². The van der Waals surface area contributed by atoms with Gasteiger partial charge in [0, 0.05) is 6.20 Å². The highest BCUT2D eigenvalue weighted by Gasteiger charge is 2.11. The number of nitrogens with zero attached hydrogens (tertiary/aromatic N) is 3. The maximum absolute atomic E-state index is 12.6. The predicted molar refractivity (Wildman–Crippen MR) is 93.2 cm³/mol. The monoisotopic (exact) mass is 342 g/mol. The van der Waals surface area contributed by atoms with Crippen LogP contribution in [0.15, 0.2) is 57.9 Å². The third-order valence-corrected chi connectivity index (χ3v) is 3.84. The first-order chi connectivity index (χ1) is 11.6. The van der Waals surface area contributed by atoms with Gasteiger partial charge >= 0.3 is 5.69 Å². The summed E-state index contributed by atoms with van der Waals surface area (Å²) in [5.74, 6) is 0.622. The summed E-state index contributed by atoms with van der Waals surface area (Å²) in [5, 5.41) is 0.735. The molecule has 2 aromatic heterocycles. The Hall–Kier alpha value is -2.87. The molecule has 0 spiro atoms. The van der Waals surface area contributed by atoms with Gasteiger partial charge < -0.3 is 4.74 Å². The van der Waals surface area contributed by atoms with Crippen LogP contribution >= 0.6 is 11.8 Å². The second-order valence-corrected chi connectivity index (χ2v) is 5.56. The van der Waals surface area contributed by atoms with E-state index in [0.717, 1.165) is 4.57 Å². The molecular weight excluding hydrogens is 328 g/mol. The van der Waals surface area contributed by atoms with Gasteiger partial charge in [-0.15, -0.1) is 0 Å². The Labute approximate surface area is 141 Å². The van der Waals surface area contributed by atoms with Gasteiger partial charge in [0.25, 0.3) is 5.56 Å². The predicted octanol–water partition coefficient (Wildman–Crippen LogP) is 1.76. The van der Waals surface area contributed by atoms with Crippen molar-refractivity contribution in [1.82, 2.24) is 19.5 Å². The lowest BCUT2D eigenvalue weighted by Gasteiger charge is -2.08. The van der Waals surface area contributed by atoms with Gasteiger partial charge in [-0.3, -0.25) is 9.78 Å². The summed E-state index contributed by atoms with van der Waals surface area (Å²) in [6, 6.07) is 6.64. The van der Waals surface area contributed by atoms with E-state index in [1.165, 1.54) is 18.0 Å². The Bertz CT molecular complexity index is 1010. The van der Waals surface area contributed by atoms with Crippen LogP contribution in [0.3, 0.4) is 0 Å². The molecule has 24 heavy (non-hydrogen) atoms. The second-order valence-electron chi connectivity index (χ2n) is 4.78. The Kier molecular flexibility index (Phi) is 4.48. The lowest BCUT2D eigenvalue weighted by atomic mass is 10.3. The van der Waals surface area contributed by atoms with E-state index in [1.54, 1.807) is 30.3 Å². The average molecular weight is 342 g/mol. The lowest BCUT2D eigenvalue weighted by molar-refractivity contribution is 0.363. The second kappa shape index (κ2) is 6.71. The minimum Gasteiger partial charge on any atom is -0.490 e. The molecule has 0 amide bonds. The number of hydrogen-bond acceptors (Lipinski definition) is 6. The molecule has 7 nitrogen and oxygen atoms in total. The summed E-state index contributed by atoms with van der Waals surface area (Å²) < 4.78 is 6.43. The van der Waals surface area contributed by atoms with E-state index in [0.29, 0.717) is 23.2 Å². The number of benzene rings is 1. The van der Waals surface area contributed by atoms with E-state index < -0.39 is 11.2 Å².